The molecule has 0 saturated carbocycles. The fraction of sp³-hybridized carbons (Fsp3) is 0.333. The summed E-state index contributed by atoms with van der Waals surface area (Å²) in [6.45, 7) is 0.682. The number of nitrogens with zero attached hydrogens (tertiary/aromatic N) is 3. The molecule has 0 radical (unpaired) electrons. The SMILES string of the molecule is CNc1cc(C2CCCN2C(=O)c2ccc(=O)[nH]n2)ccn1. The molecule has 1 aliphatic heterocycles. The Kier molecular flexibility index (Phi) is 3.86. The number of pyridine rings is 1. The number of carbonyl (C=O) groups excluding carboxylic acids is 1. The van der Waals surface area contributed by atoms with Crippen molar-refractivity contribution in [3.63, 3.8) is 0 Å². The Bertz CT molecular complexity index is 722. The topological polar surface area (TPSA) is 91.0 Å². The molecule has 1 unspecified atom stereocenters. The summed E-state index contributed by atoms with van der Waals surface area (Å²) in [6, 6.07) is 6.67. The number of carbonyl (C=O) groups is 1. The Morgan fingerprint density at radius 2 is 2.27 bits per heavy atom. The molecule has 7 heteroatoms. The lowest BCUT2D eigenvalue weighted by Crippen LogP contribution is -2.32. The molecule has 0 bridgehead atoms. The van der Waals surface area contributed by atoms with Crippen LogP contribution in [0.2, 0.25) is 0 Å². The fourth-order valence-corrected chi connectivity index (χ4v) is 2.76. The van der Waals surface area contributed by atoms with Gasteiger partial charge in [-0.1, -0.05) is 0 Å². The molecule has 114 valence electrons. The second-order valence-electron chi connectivity index (χ2n) is 5.19. The van der Waals surface area contributed by atoms with E-state index in [1.54, 1.807) is 11.1 Å². The van der Waals surface area contributed by atoms with Crippen molar-refractivity contribution in [1.82, 2.24) is 20.1 Å². The molecule has 2 aromatic rings. The number of aromatic amines is 1. The summed E-state index contributed by atoms with van der Waals surface area (Å²) in [6.07, 6.45) is 3.58. The van der Waals surface area contributed by atoms with Crippen molar-refractivity contribution >= 4 is 11.7 Å². The third-order valence-corrected chi connectivity index (χ3v) is 3.84. The first-order chi connectivity index (χ1) is 10.7. The zero-order valence-electron chi connectivity index (χ0n) is 12.2. The van der Waals surface area contributed by atoms with Crippen molar-refractivity contribution in [3.8, 4) is 0 Å². The molecule has 3 heterocycles. The molecule has 2 N–H and O–H groups in total. The summed E-state index contributed by atoms with van der Waals surface area (Å²) in [5.74, 6) is 0.612. The minimum atomic E-state index is -0.317. The van der Waals surface area contributed by atoms with Gasteiger partial charge >= 0.3 is 0 Å². The summed E-state index contributed by atoms with van der Waals surface area (Å²) in [7, 11) is 1.81. The maximum atomic E-state index is 12.6. The van der Waals surface area contributed by atoms with Crippen LogP contribution in [0.1, 0.15) is 34.9 Å². The summed E-state index contributed by atoms with van der Waals surface area (Å²) < 4.78 is 0. The first-order valence-corrected chi connectivity index (χ1v) is 7.19. The van der Waals surface area contributed by atoms with Gasteiger partial charge in [-0.3, -0.25) is 9.59 Å². The van der Waals surface area contributed by atoms with Crippen molar-refractivity contribution in [3.05, 3.63) is 52.1 Å². The third-order valence-electron chi connectivity index (χ3n) is 3.84. The van der Waals surface area contributed by atoms with Crippen molar-refractivity contribution in [1.29, 1.82) is 0 Å². The lowest BCUT2D eigenvalue weighted by Gasteiger charge is -2.24. The molecule has 0 spiro atoms. The van der Waals surface area contributed by atoms with Gasteiger partial charge in [0.2, 0.25) is 0 Å². The van der Waals surface area contributed by atoms with Crippen LogP contribution in [0, 0.1) is 0 Å². The average molecular weight is 299 g/mol. The van der Waals surface area contributed by atoms with E-state index in [1.807, 2.05) is 19.2 Å². The Labute approximate surface area is 127 Å². The van der Waals surface area contributed by atoms with Crippen LogP contribution < -0.4 is 10.9 Å². The number of likely N-dealkylation sites (tertiary alicyclic amines) is 1. The molecule has 1 amide bonds. The van der Waals surface area contributed by atoms with E-state index < -0.39 is 0 Å². The first-order valence-electron chi connectivity index (χ1n) is 7.19. The van der Waals surface area contributed by atoms with Gasteiger partial charge in [-0.05, 0) is 36.6 Å². The van der Waals surface area contributed by atoms with Crippen LogP contribution in [-0.2, 0) is 0 Å². The zero-order valence-corrected chi connectivity index (χ0v) is 12.2. The van der Waals surface area contributed by atoms with Crippen LogP contribution in [0.5, 0.6) is 0 Å². The van der Waals surface area contributed by atoms with Crippen LogP contribution >= 0.6 is 0 Å². The van der Waals surface area contributed by atoms with E-state index >= 15 is 0 Å². The summed E-state index contributed by atoms with van der Waals surface area (Å²) in [4.78, 5) is 29.7. The van der Waals surface area contributed by atoms with Crippen molar-refractivity contribution in [2.24, 2.45) is 0 Å². The average Bonchev–Trinajstić information content (AvgIpc) is 3.04. The second-order valence-corrected chi connectivity index (χ2v) is 5.19. The Balaban J connectivity index is 1.87. The molecule has 0 aliphatic carbocycles. The number of amides is 1. The van der Waals surface area contributed by atoms with E-state index in [2.05, 4.69) is 20.5 Å². The van der Waals surface area contributed by atoms with E-state index in [4.69, 9.17) is 0 Å². The quantitative estimate of drug-likeness (QED) is 0.888. The predicted molar refractivity (Wildman–Crippen MR) is 81.7 cm³/mol. The summed E-state index contributed by atoms with van der Waals surface area (Å²) >= 11 is 0. The molecule has 0 aromatic carbocycles. The Morgan fingerprint density at radius 1 is 1.41 bits per heavy atom. The molecular formula is C15H17N5O2. The van der Waals surface area contributed by atoms with Crippen LogP contribution in [0.25, 0.3) is 0 Å². The van der Waals surface area contributed by atoms with Crippen molar-refractivity contribution in [2.75, 3.05) is 18.9 Å². The zero-order chi connectivity index (χ0) is 15.5. The van der Waals surface area contributed by atoms with Gasteiger partial charge in [-0.25, -0.2) is 10.1 Å². The normalized spacial score (nSPS) is 17.5. The summed E-state index contributed by atoms with van der Waals surface area (Å²) in [5, 5.41) is 9.14. The van der Waals surface area contributed by atoms with Gasteiger partial charge in [-0.2, -0.15) is 5.10 Å². The Hall–Kier alpha value is -2.70. The molecule has 1 aliphatic rings. The third kappa shape index (κ3) is 2.69. The maximum absolute atomic E-state index is 12.6. The molecule has 7 nitrogen and oxygen atoms in total. The molecule has 1 atom stereocenters. The van der Waals surface area contributed by atoms with Crippen LogP contribution in [0.4, 0.5) is 5.82 Å². The second kappa shape index (κ2) is 5.97. The van der Waals surface area contributed by atoms with Crippen LogP contribution in [0.3, 0.4) is 0 Å². The standard InChI is InChI=1S/C15H17N5O2/c1-16-13-9-10(6-7-17-13)12-3-2-8-20(12)15(22)11-4-5-14(21)19-18-11/h4-7,9,12H,2-3,8H2,1H3,(H,16,17)(H,19,21). The number of nitrogens with one attached hydrogen (secondary N) is 2. The van der Waals surface area contributed by atoms with Gasteiger partial charge in [0.15, 0.2) is 0 Å². The molecular weight excluding hydrogens is 282 g/mol. The molecule has 1 saturated heterocycles. The molecule has 2 aromatic heterocycles. The largest absolute Gasteiger partial charge is 0.373 e. The number of hydrogen-bond donors (Lipinski definition) is 2. The molecule has 3 rings (SSSR count). The highest BCUT2D eigenvalue weighted by Crippen LogP contribution is 2.33. The molecule has 22 heavy (non-hydrogen) atoms. The highest BCUT2D eigenvalue weighted by Gasteiger charge is 2.31. The van der Waals surface area contributed by atoms with E-state index in [0.717, 1.165) is 24.2 Å². The minimum Gasteiger partial charge on any atom is -0.373 e. The van der Waals surface area contributed by atoms with Crippen molar-refractivity contribution in [2.45, 2.75) is 18.9 Å². The van der Waals surface area contributed by atoms with Gasteiger partial charge in [0, 0.05) is 25.9 Å². The van der Waals surface area contributed by atoms with E-state index in [9.17, 15) is 9.59 Å². The number of rotatable bonds is 3. The molecule has 1 fully saturated rings. The first kappa shape index (κ1) is 14.2. The van der Waals surface area contributed by atoms with E-state index in [1.165, 1.54) is 12.1 Å². The lowest BCUT2D eigenvalue weighted by atomic mass is 10.1. The van der Waals surface area contributed by atoms with E-state index in [-0.39, 0.29) is 23.2 Å². The Morgan fingerprint density at radius 3 is 3.00 bits per heavy atom. The van der Waals surface area contributed by atoms with Gasteiger partial charge in [-0.15, -0.1) is 0 Å². The summed E-state index contributed by atoms with van der Waals surface area (Å²) in [5.41, 5.74) is 0.992. The van der Waals surface area contributed by atoms with Gasteiger partial charge in [0.25, 0.3) is 11.5 Å². The number of hydrogen-bond acceptors (Lipinski definition) is 5. The van der Waals surface area contributed by atoms with Gasteiger partial charge in [0.1, 0.15) is 11.5 Å². The number of H-pyrrole nitrogens is 1. The van der Waals surface area contributed by atoms with Crippen LogP contribution in [-0.4, -0.2) is 39.6 Å². The fourth-order valence-electron chi connectivity index (χ4n) is 2.76. The van der Waals surface area contributed by atoms with Gasteiger partial charge < -0.3 is 10.2 Å². The van der Waals surface area contributed by atoms with E-state index in [0.29, 0.717) is 6.54 Å². The highest BCUT2D eigenvalue weighted by molar-refractivity contribution is 5.92. The van der Waals surface area contributed by atoms with Gasteiger partial charge in [0.05, 0.1) is 6.04 Å². The maximum Gasteiger partial charge on any atom is 0.274 e. The van der Waals surface area contributed by atoms with Crippen LogP contribution in [0.15, 0.2) is 35.3 Å². The smallest absolute Gasteiger partial charge is 0.274 e. The monoisotopic (exact) mass is 299 g/mol. The minimum absolute atomic E-state index is 0.0105. The van der Waals surface area contributed by atoms with Crippen molar-refractivity contribution < 1.29 is 4.79 Å². The predicted octanol–water partition coefficient (Wildman–Crippen LogP) is 1.18. The number of aromatic nitrogens is 3. The number of anilines is 1. The lowest BCUT2D eigenvalue weighted by molar-refractivity contribution is 0.0728. The highest BCUT2D eigenvalue weighted by atomic mass is 16.2.